The van der Waals surface area contributed by atoms with Crippen molar-refractivity contribution >= 4 is 6.09 Å². The number of carbonyl (C=O) groups is 1. The van der Waals surface area contributed by atoms with E-state index in [4.69, 9.17) is 9.47 Å². The van der Waals surface area contributed by atoms with Crippen molar-refractivity contribution in [2.45, 2.75) is 43.5 Å². The highest BCUT2D eigenvalue weighted by molar-refractivity contribution is 5.70. The van der Waals surface area contributed by atoms with Crippen molar-refractivity contribution in [1.82, 2.24) is 10.2 Å². The lowest BCUT2D eigenvalue weighted by Gasteiger charge is -2.41. The molecule has 152 valence electrons. The summed E-state index contributed by atoms with van der Waals surface area (Å²) < 4.78 is 25.1. The smallest absolute Gasteiger partial charge is 0.410 e. The predicted octanol–water partition coefficient (Wildman–Crippen LogP) is 3.43. The van der Waals surface area contributed by atoms with E-state index >= 15 is 0 Å². The first-order valence-corrected chi connectivity index (χ1v) is 10.3. The zero-order chi connectivity index (χ0) is 19.8. The average molecular weight is 396 g/mol. The molecule has 5 rings (SSSR count). The third-order valence-electron chi connectivity index (χ3n) is 6.18. The van der Waals surface area contributed by atoms with Crippen molar-refractivity contribution in [2.24, 2.45) is 0 Å². The summed E-state index contributed by atoms with van der Waals surface area (Å²) in [5, 5.41) is 3.52. The number of piperidine rings is 1. The van der Waals surface area contributed by atoms with Gasteiger partial charge in [0.2, 0.25) is 0 Å². The monoisotopic (exact) mass is 396 g/mol. The van der Waals surface area contributed by atoms with Crippen molar-refractivity contribution in [3.05, 3.63) is 71.0 Å². The van der Waals surface area contributed by atoms with Gasteiger partial charge in [-0.15, -0.1) is 0 Å². The predicted molar refractivity (Wildman–Crippen MR) is 106 cm³/mol. The lowest BCUT2D eigenvalue weighted by molar-refractivity contribution is -0.0338. The number of carbonyl (C=O) groups excluding carboxylic acids is 1. The number of nitrogens with one attached hydrogen (secondary N) is 1. The number of amides is 1. The Morgan fingerprint density at radius 1 is 1.07 bits per heavy atom. The maximum atomic E-state index is 13.5. The fraction of sp³-hybridized carbons (Fsp3) is 0.435. The molecule has 4 atom stereocenters. The third kappa shape index (κ3) is 3.74. The van der Waals surface area contributed by atoms with Crippen LogP contribution in [0.3, 0.4) is 0 Å². The van der Waals surface area contributed by atoms with Crippen LogP contribution in [0, 0.1) is 5.82 Å². The van der Waals surface area contributed by atoms with Crippen LogP contribution < -0.4 is 5.32 Å². The van der Waals surface area contributed by atoms with Crippen LogP contribution in [0.1, 0.15) is 35.6 Å². The van der Waals surface area contributed by atoms with Gasteiger partial charge in [0.1, 0.15) is 11.9 Å². The highest BCUT2D eigenvalue weighted by Gasteiger charge is 2.37. The Bertz CT molecular complexity index is 876. The van der Waals surface area contributed by atoms with Gasteiger partial charge in [-0.1, -0.05) is 36.4 Å². The van der Waals surface area contributed by atoms with Gasteiger partial charge in [-0.3, -0.25) is 4.90 Å². The lowest BCUT2D eigenvalue weighted by atomic mass is 9.88. The number of rotatable bonds is 2. The van der Waals surface area contributed by atoms with Gasteiger partial charge >= 0.3 is 6.09 Å². The molecule has 1 amide bonds. The van der Waals surface area contributed by atoms with Crippen LogP contribution in [-0.4, -0.2) is 48.9 Å². The Labute approximate surface area is 169 Å². The molecular formula is C23H25FN2O3. The number of ether oxygens (including phenoxy) is 2. The van der Waals surface area contributed by atoms with Crippen molar-refractivity contribution in [3.8, 4) is 0 Å². The van der Waals surface area contributed by atoms with E-state index in [1.54, 1.807) is 17.0 Å². The molecule has 5 nitrogen and oxygen atoms in total. The molecular weight excluding hydrogens is 371 g/mol. The van der Waals surface area contributed by atoms with Gasteiger partial charge in [0.15, 0.2) is 0 Å². The third-order valence-corrected chi connectivity index (χ3v) is 6.18. The average Bonchev–Trinajstić information content (AvgIpc) is 2.73. The number of halogens is 1. The van der Waals surface area contributed by atoms with Gasteiger partial charge in [-0.2, -0.15) is 0 Å². The highest BCUT2D eigenvalue weighted by Crippen LogP contribution is 2.36. The zero-order valence-electron chi connectivity index (χ0n) is 16.2. The van der Waals surface area contributed by atoms with E-state index < -0.39 is 0 Å². The van der Waals surface area contributed by atoms with Crippen LogP contribution >= 0.6 is 0 Å². The number of benzene rings is 2. The molecule has 29 heavy (non-hydrogen) atoms. The van der Waals surface area contributed by atoms with Crippen LogP contribution in [-0.2, 0) is 15.9 Å². The molecule has 2 unspecified atom stereocenters. The van der Waals surface area contributed by atoms with E-state index in [1.165, 1.54) is 17.7 Å². The molecule has 2 bridgehead atoms. The van der Waals surface area contributed by atoms with E-state index in [9.17, 15) is 9.18 Å². The molecule has 2 fully saturated rings. The molecule has 3 aliphatic heterocycles. The summed E-state index contributed by atoms with van der Waals surface area (Å²) in [4.78, 5) is 15.0. The first-order valence-electron chi connectivity index (χ1n) is 10.3. The van der Waals surface area contributed by atoms with Gasteiger partial charge in [0.05, 0.1) is 19.3 Å². The summed E-state index contributed by atoms with van der Waals surface area (Å²) in [5.74, 6) is -0.282. The molecule has 2 saturated heterocycles. The van der Waals surface area contributed by atoms with E-state index in [2.05, 4.69) is 17.4 Å². The number of hydrogen-bond donors (Lipinski definition) is 1. The fourth-order valence-electron chi connectivity index (χ4n) is 4.86. The minimum Gasteiger partial charge on any atom is -0.446 e. The topological polar surface area (TPSA) is 50.8 Å². The van der Waals surface area contributed by atoms with E-state index in [0.29, 0.717) is 19.8 Å². The fourth-order valence-corrected chi connectivity index (χ4v) is 4.86. The largest absolute Gasteiger partial charge is 0.446 e. The van der Waals surface area contributed by atoms with E-state index in [0.717, 1.165) is 30.4 Å². The van der Waals surface area contributed by atoms with Gasteiger partial charge in [0.25, 0.3) is 0 Å². The number of hydrogen-bond acceptors (Lipinski definition) is 4. The van der Waals surface area contributed by atoms with Gasteiger partial charge in [-0.05, 0) is 35.2 Å². The SMILES string of the molecule is O=C(OC1CC2COC[C@@H](C1)N2)N1CCc2ccccc2[C@@H]1c1ccc(F)cc1. The van der Waals surface area contributed by atoms with Crippen molar-refractivity contribution in [3.63, 3.8) is 0 Å². The Kier molecular flexibility index (Phi) is 4.97. The molecule has 3 aliphatic rings. The molecule has 0 spiro atoms. The van der Waals surface area contributed by atoms with Crippen molar-refractivity contribution < 1.29 is 18.7 Å². The maximum absolute atomic E-state index is 13.5. The van der Waals surface area contributed by atoms with Gasteiger partial charge in [-0.25, -0.2) is 9.18 Å². The standard InChI is InChI=1S/C23H25FN2O3/c24-17-7-5-16(6-8-17)22-21-4-2-1-3-15(21)9-10-26(22)23(27)29-20-11-18-13-28-14-19(12-20)25-18/h1-8,18-20,22,25H,9-14H2/t18-,19?,20?,22+/m1/s1. The number of morpholine rings is 1. The second kappa shape index (κ2) is 7.76. The van der Waals surface area contributed by atoms with Crippen LogP contribution in [0.5, 0.6) is 0 Å². The van der Waals surface area contributed by atoms with E-state index in [-0.39, 0.29) is 36.1 Å². The molecule has 3 heterocycles. The summed E-state index contributed by atoms with van der Waals surface area (Å²) >= 11 is 0. The Morgan fingerprint density at radius 2 is 1.79 bits per heavy atom. The first-order chi connectivity index (χ1) is 14.2. The normalized spacial score (nSPS) is 28.5. The van der Waals surface area contributed by atoms with Gasteiger partial charge < -0.3 is 14.8 Å². The van der Waals surface area contributed by atoms with Crippen LogP contribution in [0.4, 0.5) is 9.18 Å². The van der Waals surface area contributed by atoms with E-state index in [1.807, 2.05) is 12.1 Å². The molecule has 0 aromatic heterocycles. The summed E-state index contributed by atoms with van der Waals surface area (Å²) in [5.41, 5.74) is 3.20. The van der Waals surface area contributed by atoms with Crippen molar-refractivity contribution in [2.75, 3.05) is 19.8 Å². The summed E-state index contributed by atoms with van der Waals surface area (Å²) in [7, 11) is 0. The second-order valence-corrected chi connectivity index (χ2v) is 8.17. The second-order valence-electron chi connectivity index (χ2n) is 8.17. The molecule has 0 aliphatic carbocycles. The first kappa shape index (κ1) is 18.6. The summed E-state index contributed by atoms with van der Waals surface area (Å²) in [6.45, 7) is 1.92. The molecule has 0 saturated carbocycles. The Hall–Kier alpha value is -2.44. The summed E-state index contributed by atoms with van der Waals surface area (Å²) in [6, 6.07) is 14.8. The summed E-state index contributed by atoms with van der Waals surface area (Å²) in [6.07, 6.45) is 1.93. The minimum absolute atomic E-state index is 0.103. The number of fused-ring (bicyclic) bond motifs is 3. The maximum Gasteiger partial charge on any atom is 0.410 e. The molecule has 0 radical (unpaired) electrons. The highest BCUT2D eigenvalue weighted by atomic mass is 19.1. The quantitative estimate of drug-likeness (QED) is 0.845. The van der Waals surface area contributed by atoms with Gasteiger partial charge in [0, 0.05) is 31.5 Å². The number of nitrogens with zero attached hydrogens (tertiary/aromatic N) is 1. The molecule has 2 aromatic carbocycles. The molecule has 2 aromatic rings. The lowest BCUT2D eigenvalue weighted by Crippen LogP contribution is -2.56. The minimum atomic E-state index is -0.292. The molecule has 1 N–H and O–H groups in total. The van der Waals surface area contributed by atoms with Crippen LogP contribution in [0.25, 0.3) is 0 Å². The molecule has 6 heteroatoms. The Balaban J connectivity index is 1.40. The van der Waals surface area contributed by atoms with Crippen molar-refractivity contribution in [1.29, 1.82) is 0 Å². The zero-order valence-corrected chi connectivity index (χ0v) is 16.2. The van der Waals surface area contributed by atoms with Crippen LogP contribution in [0.2, 0.25) is 0 Å². The van der Waals surface area contributed by atoms with Crippen LogP contribution in [0.15, 0.2) is 48.5 Å². The Morgan fingerprint density at radius 3 is 2.55 bits per heavy atom.